The van der Waals surface area contributed by atoms with Crippen molar-refractivity contribution >= 4 is 5.91 Å². The molecule has 0 bridgehead atoms. The van der Waals surface area contributed by atoms with Gasteiger partial charge in [-0.25, -0.2) is 4.98 Å². The zero-order valence-corrected chi connectivity index (χ0v) is 12.3. The Bertz CT molecular complexity index is 619. The summed E-state index contributed by atoms with van der Waals surface area (Å²) >= 11 is 0. The Balaban J connectivity index is 1.80. The average molecular weight is 289 g/mol. The summed E-state index contributed by atoms with van der Waals surface area (Å²) in [5, 5.41) is 4.22. The van der Waals surface area contributed by atoms with Gasteiger partial charge in [0.05, 0.1) is 24.5 Å². The predicted octanol–water partition coefficient (Wildman–Crippen LogP) is 0.677. The normalized spacial score (nSPS) is 17.8. The van der Waals surface area contributed by atoms with E-state index in [1.165, 1.54) is 7.11 Å². The number of fused-ring (bicyclic) bond motifs is 1. The van der Waals surface area contributed by atoms with Crippen molar-refractivity contribution in [2.45, 2.75) is 26.1 Å². The zero-order chi connectivity index (χ0) is 14.8. The first-order chi connectivity index (χ1) is 10.2. The van der Waals surface area contributed by atoms with Crippen molar-refractivity contribution < 1.29 is 9.53 Å². The molecular formula is C14H19N5O2. The Hall–Kier alpha value is -2.15. The van der Waals surface area contributed by atoms with Crippen LogP contribution in [-0.2, 0) is 22.6 Å². The van der Waals surface area contributed by atoms with Gasteiger partial charge < -0.3 is 14.2 Å². The first-order valence-corrected chi connectivity index (χ1v) is 7.01. The van der Waals surface area contributed by atoms with Crippen LogP contribution in [0.4, 0.5) is 0 Å². The maximum Gasteiger partial charge on any atom is 0.249 e. The van der Waals surface area contributed by atoms with E-state index in [0.717, 1.165) is 18.1 Å². The Morgan fingerprint density at radius 1 is 1.48 bits per heavy atom. The third kappa shape index (κ3) is 2.56. The van der Waals surface area contributed by atoms with Gasteiger partial charge in [-0.2, -0.15) is 5.10 Å². The van der Waals surface area contributed by atoms with Gasteiger partial charge in [0.1, 0.15) is 12.4 Å². The van der Waals surface area contributed by atoms with E-state index in [1.807, 2.05) is 35.0 Å². The molecule has 0 radical (unpaired) electrons. The van der Waals surface area contributed by atoms with Crippen LogP contribution in [-0.4, -0.2) is 50.4 Å². The highest BCUT2D eigenvalue weighted by Crippen LogP contribution is 2.25. The number of amides is 1. The fourth-order valence-corrected chi connectivity index (χ4v) is 2.79. The molecule has 7 heteroatoms. The SMILES string of the molecule is COCC(=O)N1CCn2c(Cn3cccn3)cnc2[C@@H]1C. The van der Waals surface area contributed by atoms with Crippen molar-refractivity contribution in [2.24, 2.45) is 0 Å². The minimum atomic E-state index is -0.0345. The Morgan fingerprint density at radius 3 is 3.05 bits per heavy atom. The van der Waals surface area contributed by atoms with Gasteiger partial charge in [-0.15, -0.1) is 0 Å². The molecule has 0 aromatic carbocycles. The smallest absolute Gasteiger partial charge is 0.249 e. The van der Waals surface area contributed by atoms with Gasteiger partial charge in [-0.1, -0.05) is 0 Å². The fraction of sp³-hybridized carbons (Fsp3) is 0.500. The van der Waals surface area contributed by atoms with E-state index in [2.05, 4.69) is 14.6 Å². The van der Waals surface area contributed by atoms with E-state index in [0.29, 0.717) is 13.1 Å². The second kappa shape index (κ2) is 5.69. The number of nitrogens with zero attached hydrogens (tertiary/aromatic N) is 5. The van der Waals surface area contributed by atoms with Gasteiger partial charge >= 0.3 is 0 Å². The van der Waals surface area contributed by atoms with Crippen molar-refractivity contribution in [2.75, 3.05) is 20.3 Å². The van der Waals surface area contributed by atoms with Crippen LogP contribution in [0.25, 0.3) is 0 Å². The lowest BCUT2D eigenvalue weighted by molar-refractivity contribution is -0.138. The highest BCUT2D eigenvalue weighted by molar-refractivity contribution is 5.78. The number of methoxy groups -OCH3 is 1. The van der Waals surface area contributed by atoms with Crippen molar-refractivity contribution in [1.82, 2.24) is 24.2 Å². The van der Waals surface area contributed by atoms with Gasteiger partial charge in [0.2, 0.25) is 5.91 Å². The van der Waals surface area contributed by atoms with E-state index in [9.17, 15) is 4.79 Å². The minimum Gasteiger partial charge on any atom is -0.375 e. The summed E-state index contributed by atoms with van der Waals surface area (Å²) in [6.07, 6.45) is 5.57. The highest BCUT2D eigenvalue weighted by atomic mass is 16.5. The van der Waals surface area contributed by atoms with E-state index in [1.54, 1.807) is 6.20 Å². The van der Waals surface area contributed by atoms with Gasteiger partial charge in [0, 0.05) is 32.6 Å². The quantitative estimate of drug-likeness (QED) is 0.830. The molecule has 0 spiro atoms. The molecule has 0 fully saturated rings. The largest absolute Gasteiger partial charge is 0.375 e. The Morgan fingerprint density at radius 2 is 2.33 bits per heavy atom. The summed E-state index contributed by atoms with van der Waals surface area (Å²) in [4.78, 5) is 18.4. The highest BCUT2D eigenvalue weighted by Gasteiger charge is 2.30. The molecule has 21 heavy (non-hydrogen) atoms. The first-order valence-electron chi connectivity index (χ1n) is 7.01. The molecule has 2 aromatic heterocycles. The van der Waals surface area contributed by atoms with Gasteiger partial charge in [-0.3, -0.25) is 9.48 Å². The summed E-state index contributed by atoms with van der Waals surface area (Å²) in [6.45, 7) is 4.25. The molecular weight excluding hydrogens is 270 g/mol. The van der Waals surface area contributed by atoms with Crippen molar-refractivity contribution in [3.8, 4) is 0 Å². The van der Waals surface area contributed by atoms with Crippen LogP contribution >= 0.6 is 0 Å². The molecule has 1 aliphatic heterocycles. The molecule has 0 saturated carbocycles. The van der Waals surface area contributed by atoms with Gasteiger partial charge in [-0.05, 0) is 13.0 Å². The van der Waals surface area contributed by atoms with Crippen LogP contribution in [0, 0.1) is 0 Å². The average Bonchev–Trinajstić information content (AvgIpc) is 3.10. The number of rotatable bonds is 4. The number of hydrogen-bond donors (Lipinski definition) is 0. The van der Waals surface area contributed by atoms with Crippen LogP contribution < -0.4 is 0 Å². The lowest BCUT2D eigenvalue weighted by atomic mass is 10.2. The summed E-state index contributed by atoms with van der Waals surface area (Å²) in [5.41, 5.74) is 1.11. The number of carbonyl (C=O) groups is 1. The number of hydrogen-bond acceptors (Lipinski definition) is 4. The monoisotopic (exact) mass is 289 g/mol. The standard InChI is InChI=1S/C14H19N5O2/c1-11-14-15-8-12(9-17-5-3-4-16-17)19(14)7-6-18(11)13(20)10-21-2/h3-5,8,11H,6-7,9-10H2,1-2H3/t11-/m0/s1. The van der Waals surface area contributed by atoms with Gasteiger partial charge in [0.25, 0.3) is 0 Å². The summed E-state index contributed by atoms with van der Waals surface area (Å²) < 4.78 is 8.99. The van der Waals surface area contributed by atoms with E-state index >= 15 is 0 Å². The Kier molecular flexibility index (Phi) is 3.74. The predicted molar refractivity (Wildman–Crippen MR) is 75.6 cm³/mol. The molecule has 0 saturated heterocycles. The van der Waals surface area contributed by atoms with Crippen LogP contribution in [0.2, 0.25) is 0 Å². The van der Waals surface area contributed by atoms with E-state index in [-0.39, 0.29) is 18.6 Å². The topological polar surface area (TPSA) is 65.2 Å². The third-order valence-corrected chi connectivity index (χ3v) is 3.85. The molecule has 2 aromatic rings. The van der Waals surface area contributed by atoms with Crippen molar-refractivity contribution in [3.05, 3.63) is 36.2 Å². The van der Waals surface area contributed by atoms with Crippen LogP contribution in [0.3, 0.4) is 0 Å². The maximum atomic E-state index is 12.0. The molecule has 7 nitrogen and oxygen atoms in total. The minimum absolute atomic E-state index is 0.00729. The summed E-state index contributed by atoms with van der Waals surface area (Å²) in [7, 11) is 1.54. The molecule has 3 rings (SSSR count). The van der Waals surface area contributed by atoms with Crippen LogP contribution in [0.5, 0.6) is 0 Å². The Labute approximate surface area is 123 Å². The van der Waals surface area contributed by atoms with Crippen LogP contribution in [0.15, 0.2) is 24.7 Å². The third-order valence-electron chi connectivity index (χ3n) is 3.85. The lowest BCUT2D eigenvalue weighted by Gasteiger charge is -2.34. The molecule has 3 heterocycles. The second-order valence-electron chi connectivity index (χ2n) is 5.16. The first kappa shape index (κ1) is 13.8. The second-order valence-corrected chi connectivity index (χ2v) is 5.16. The molecule has 0 N–H and O–H groups in total. The fourth-order valence-electron chi connectivity index (χ4n) is 2.79. The lowest BCUT2D eigenvalue weighted by Crippen LogP contribution is -2.43. The maximum absolute atomic E-state index is 12.0. The number of aromatic nitrogens is 4. The van der Waals surface area contributed by atoms with E-state index < -0.39 is 0 Å². The van der Waals surface area contributed by atoms with Gasteiger partial charge in [0.15, 0.2) is 0 Å². The molecule has 1 amide bonds. The van der Waals surface area contributed by atoms with Crippen molar-refractivity contribution in [1.29, 1.82) is 0 Å². The zero-order valence-electron chi connectivity index (χ0n) is 12.3. The molecule has 112 valence electrons. The summed E-state index contributed by atoms with van der Waals surface area (Å²) in [6, 6.07) is 1.87. The number of imidazole rings is 1. The van der Waals surface area contributed by atoms with Crippen LogP contribution in [0.1, 0.15) is 24.5 Å². The molecule has 1 aliphatic rings. The number of ether oxygens (including phenoxy) is 1. The number of carbonyl (C=O) groups excluding carboxylic acids is 1. The molecule has 0 aliphatic carbocycles. The molecule has 0 unspecified atom stereocenters. The van der Waals surface area contributed by atoms with Crippen molar-refractivity contribution in [3.63, 3.8) is 0 Å². The molecule has 1 atom stereocenters. The summed E-state index contributed by atoms with van der Waals surface area (Å²) in [5.74, 6) is 0.931. The van der Waals surface area contributed by atoms with E-state index in [4.69, 9.17) is 4.74 Å².